The third-order valence-electron chi connectivity index (χ3n) is 3.09. The molecule has 1 fully saturated rings. The number of carbonyl (C=O) groups is 1. The standard InChI is InChI=1S/C13H17NO3/c14-12(13(15)16)9-4-3-7-11(8-9)17-10-5-1-2-6-10/h3-4,7-8,10,12H,1-2,5-6,14H2,(H,15,16)/t12-/m1/s1. The maximum Gasteiger partial charge on any atom is 0.325 e. The van der Waals surface area contributed by atoms with Crippen molar-refractivity contribution in [2.24, 2.45) is 5.73 Å². The number of carboxylic acid groups (broad SMARTS) is 1. The SMILES string of the molecule is N[C@@H](C(=O)O)c1cccc(OC2CCCC2)c1. The van der Waals surface area contributed by atoms with Gasteiger partial charge in [-0.05, 0) is 43.4 Å². The van der Waals surface area contributed by atoms with Crippen LogP contribution in [0.25, 0.3) is 0 Å². The van der Waals surface area contributed by atoms with Crippen LogP contribution in [-0.2, 0) is 4.79 Å². The fourth-order valence-electron chi connectivity index (χ4n) is 2.12. The number of hydrogen-bond acceptors (Lipinski definition) is 3. The van der Waals surface area contributed by atoms with E-state index in [2.05, 4.69) is 0 Å². The molecule has 4 nitrogen and oxygen atoms in total. The van der Waals surface area contributed by atoms with Gasteiger partial charge in [-0.1, -0.05) is 12.1 Å². The van der Waals surface area contributed by atoms with E-state index < -0.39 is 12.0 Å². The summed E-state index contributed by atoms with van der Waals surface area (Å²) in [4.78, 5) is 10.8. The van der Waals surface area contributed by atoms with Crippen molar-refractivity contribution in [3.63, 3.8) is 0 Å². The quantitative estimate of drug-likeness (QED) is 0.838. The Bertz CT molecular complexity index is 399. The first kappa shape index (κ1) is 11.9. The largest absolute Gasteiger partial charge is 0.490 e. The van der Waals surface area contributed by atoms with Gasteiger partial charge in [0.25, 0.3) is 0 Å². The van der Waals surface area contributed by atoms with Crippen molar-refractivity contribution in [2.75, 3.05) is 0 Å². The van der Waals surface area contributed by atoms with Crippen LogP contribution in [0.4, 0.5) is 0 Å². The highest BCUT2D eigenvalue weighted by Gasteiger charge is 2.18. The van der Waals surface area contributed by atoms with E-state index in [1.54, 1.807) is 18.2 Å². The number of rotatable bonds is 4. The highest BCUT2D eigenvalue weighted by atomic mass is 16.5. The molecule has 0 saturated heterocycles. The topological polar surface area (TPSA) is 72.6 Å². The van der Waals surface area contributed by atoms with E-state index in [9.17, 15) is 4.79 Å². The van der Waals surface area contributed by atoms with Gasteiger partial charge in [0, 0.05) is 0 Å². The third-order valence-corrected chi connectivity index (χ3v) is 3.09. The number of hydrogen-bond donors (Lipinski definition) is 2. The van der Waals surface area contributed by atoms with Gasteiger partial charge in [0.2, 0.25) is 0 Å². The van der Waals surface area contributed by atoms with Crippen LogP contribution in [0.3, 0.4) is 0 Å². The van der Waals surface area contributed by atoms with Gasteiger partial charge in [-0.15, -0.1) is 0 Å². The molecular weight excluding hydrogens is 218 g/mol. The maximum absolute atomic E-state index is 10.8. The summed E-state index contributed by atoms with van der Waals surface area (Å²) in [7, 11) is 0. The molecule has 0 spiro atoms. The Hall–Kier alpha value is -1.55. The number of nitrogens with two attached hydrogens (primary N) is 1. The van der Waals surface area contributed by atoms with Crippen LogP contribution < -0.4 is 10.5 Å². The van der Waals surface area contributed by atoms with Gasteiger partial charge < -0.3 is 15.6 Å². The summed E-state index contributed by atoms with van der Waals surface area (Å²) in [6.45, 7) is 0. The molecule has 4 heteroatoms. The normalized spacial score (nSPS) is 17.9. The Kier molecular flexibility index (Phi) is 3.64. The summed E-state index contributed by atoms with van der Waals surface area (Å²) in [5.41, 5.74) is 6.14. The molecule has 0 bridgehead atoms. The Morgan fingerprint density at radius 3 is 2.76 bits per heavy atom. The molecule has 0 radical (unpaired) electrons. The van der Waals surface area contributed by atoms with Crippen molar-refractivity contribution in [3.05, 3.63) is 29.8 Å². The molecule has 0 aromatic heterocycles. The second-order valence-electron chi connectivity index (χ2n) is 4.41. The maximum atomic E-state index is 10.8. The lowest BCUT2D eigenvalue weighted by Gasteiger charge is -2.14. The van der Waals surface area contributed by atoms with Crippen LogP contribution in [0.1, 0.15) is 37.3 Å². The molecule has 1 saturated carbocycles. The van der Waals surface area contributed by atoms with E-state index in [-0.39, 0.29) is 6.10 Å². The molecule has 3 N–H and O–H groups in total. The summed E-state index contributed by atoms with van der Waals surface area (Å²) in [6.07, 6.45) is 4.84. The monoisotopic (exact) mass is 235 g/mol. The Labute approximate surface area is 100 Å². The van der Waals surface area contributed by atoms with Crippen molar-refractivity contribution < 1.29 is 14.6 Å². The first-order chi connectivity index (χ1) is 8.16. The van der Waals surface area contributed by atoms with Crippen LogP contribution in [-0.4, -0.2) is 17.2 Å². The van der Waals surface area contributed by atoms with Gasteiger partial charge in [-0.2, -0.15) is 0 Å². The van der Waals surface area contributed by atoms with Gasteiger partial charge >= 0.3 is 5.97 Å². The summed E-state index contributed by atoms with van der Waals surface area (Å²) >= 11 is 0. The van der Waals surface area contributed by atoms with Crippen LogP contribution in [0.5, 0.6) is 5.75 Å². The Morgan fingerprint density at radius 1 is 1.41 bits per heavy atom. The van der Waals surface area contributed by atoms with E-state index in [1.807, 2.05) is 6.07 Å². The molecular formula is C13H17NO3. The fourth-order valence-corrected chi connectivity index (χ4v) is 2.12. The molecule has 0 heterocycles. The number of carboxylic acids is 1. The average Bonchev–Trinajstić information content (AvgIpc) is 2.81. The molecule has 2 rings (SSSR count). The van der Waals surface area contributed by atoms with Crippen molar-refractivity contribution >= 4 is 5.97 Å². The van der Waals surface area contributed by atoms with E-state index in [4.69, 9.17) is 15.6 Å². The van der Waals surface area contributed by atoms with Crippen LogP contribution in [0.2, 0.25) is 0 Å². The summed E-state index contributed by atoms with van der Waals surface area (Å²) < 4.78 is 5.80. The summed E-state index contributed by atoms with van der Waals surface area (Å²) in [5, 5.41) is 8.84. The second-order valence-corrected chi connectivity index (χ2v) is 4.41. The van der Waals surface area contributed by atoms with Crippen LogP contribution in [0, 0.1) is 0 Å². The molecule has 1 aliphatic carbocycles. The van der Waals surface area contributed by atoms with Crippen LogP contribution in [0.15, 0.2) is 24.3 Å². The molecule has 17 heavy (non-hydrogen) atoms. The highest BCUT2D eigenvalue weighted by molar-refractivity contribution is 5.75. The van der Waals surface area contributed by atoms with Crippen molar-refractivity contribution in [2.45, 2.75) is 37.8 Å². The van der Waals surface area contributed by atoms with Gasteiger partial charge in [0.15, 0.2) is 0 Å². The predicted octanol–water partition coefficient (Wildman–Crippen LogP) is 2.09. The predicted molar refractivity (Wildman–Crippen MR) is 63.9 cm³/mol. The zero-order valence-corrected chi connectivity index (χ0v) is 9.63. The lowest BCUT2D eigenvalue weighted by atomic mass is 10.1. The summed E-state index contributed by atoms with van der Waals surface area (Å²) in [6, 6.07) is 6.07. The number of aliphatic carboxylic acids is 1. The second kappa shape index (κ2) is 5.19. The third kappa shape index (κ3) is 2.97. The minimum atomic E-state index is -1.02. The molecule has 1 aliphatic rings. The zero-order valence-electron chi connectivity index (χ0n) is 9.63. The Balaban J connectivity index is 2.07. The molecule has 1 atom stereocenters. The Morgan fingerprint density at radius 2 is 2.12 bits per heavy atom. The molecule has 92 valence electrons. The highest BCUT2D eigenvalue weighted by Crippen LogP contribution is 2.25. The van der Waals surface area contributed by atoms with Gasteiger partial charge in [0.1, 0.15) is 11.8 Å². The van der Waals surface area contributed by atoms with E-state index in [1.165, 1.54) is 12.8 Å². The van der Waals surface area contributed by atoms with Crippen molar-refractivity contribution in [1.82, 2.24) is 0 Å². The van der Waals surface area contributed by atoms with Crippen molar-refractivity contribution in [3.8, 4) is 5.75 Å². The molecule has 0 unspecified atom stereocenters. The zero-order chi connectivity index (χ0) is 12.3. The lowest BCUT2D eigenvalue weighted by Crippen LogP contribution is -2.20. The van der Waals surface area contributed by atoms with E-state index in [0.717, 1.165) is 12.8 Å². The van der Waals surface area contributed by atoms with Crippen molar-refractivity contribution in [1.29, 1.82) is 0 Å². The average molecular weight is 235 g/mol. The van der Waals surface area contributed by atoms with Crippen LogP contribution >= 0.6 is 0 Å². The van der Waals surface area contributed by atoms with E-state index >= 15 is 0 Å². The van der Waals surface area contributed by atoms with Gasteiger partial charge in [-0.3, -0.25) is 4.79 Å². The fraction of sp³-hybridized carbons (Fsp3) is 0.462. The van der Waals surface area contributed by atoms with Gasteiger partial charge in [-0.25, -0.2) is 0 Å². The summed E-state index contributed by atoms with van der Waals surface area (Å²) in [5.74, 6) is -0.311. The molecule has 0 aliphatic heterocycles. The molecule has 1 aromatic carbocycles. The van der Waals surface area contributed by atoms with Gasteiger partial charge in [0.05, 0.1) is 6.10 Å². The van der Waals surface area contributed by atoms with E-state index in [0.29, 0.717) is 11.3 Å². The molecule has 1 aromatic rings. The number of ether oxygens (including phenoxy) is 1. The number of benzene rings is 1. The minimum Gasteiger partial charge on any atom is -0.490 e. The molecule has 0 amide bonds. The smallest absolute Gasteiger partial charge is 0.325 e. The first-order valence-electron chi connectivity index (χ1n) is 5.92. The lowest BCUT2D eigenvalue weighted by molar-refractivity contribution is -0.138. The first-order valence-corrected chi connectivity index (χ1v) is 5.92. The minimum absolute atomic E-state index is 0.270.